The zero-order valence-electron chi connectivity index (χ0n) is 17.1. The third-order valence-electron chi connectivity index (χ3n) is 4.42. The summed E-state index contributed by atoms with van der Waals surface area (Å²) in [4.78, 5) is 6.81. The lowest BCUT2D eigenvalue weighted by Crippen LogP contribution is -2.23. The van der Waals surface area contributed by atoms with Crippen molar-refractivity contribution in [3.05, 3.63) is 53.6 Å². The molecule has 0 amide bonds. The zero-order chi connectivity index (χ0) is 19.6. The predicted molar refractivity (Wildman–Crippen MR) is 127 cm³/mol. The third-order valence-corrected chi connectivity index (χ3v) is 4.42. The Bertz CT molecular complexity index is 747. The van der Waals surface area contributed by atoms with Crippen molar-refractivity contribution < 1.29 is 9.47 Å². The van der Waals surface area contributed by atoms with Crippen molar-refractivity contribution >= 4 is 35.6 Å². The molecule has 0 radical (unpaired) electrons. The molecule has 0 aliphatic rings. The summed E-state index contributed by atoms with van der Waals surface area (Å²) in [5, 5.41) is 3.08. The van der Waals surface area contributed by atoms with E-state index >= 15 is 0 Å². The lowest BCUT2D eigenvalue weighted by Gasteiger charge is -2.18. The van der Waals surface area contributed by atoms with E-state index in [0.717, 1.165) is 30.9 Å². The van der Waals surface area contributed by atoms with Crippen LogP contribution in [-0.4, -0.2) is 38.2 Å². The molecule has 154 valence electrons. The smallest absolute Gasteiger partial charge is 0.193 e. The Labute approximate surface area is 185 Å². The highest BCUT2D eigenvalue weighted by molar-refractivity contribution is 14.0. The molecule has 2 aromatic rings. The van der Waals surface area contributed by atoms with Crippen LogP contribution in [0.3, 0.4) is 0 Å². The summed E-state index contributed by atoms with van der Waals surface area (Å²) >= 11 is 0. The number of aliphatic imine (C=N–C) groups is 1. The minimum absolute atomic E-state index is 0. The Morgan fingerprint density at radius 2 is 1.64 bits per heavy atom. The number of benzene rings is 2. The van der Waals surface area contributed by atoms with Crippen molar-refractivity contribution in [2.45, 2.75) is 26.9 Å². The van der Waals surface area contributed by atoms with Crippen molar-refractivity contribution in [2.24, 2.45) is 10.7 Å². The van der Waals surface area contributed by atoms with Crippen LogP contribution >= 0.6 is 24.0 Å². The quantitative estimate of drug-likeness (QED) is 0.310. The van der Waals surface area contributed by atoms with Crippen LogP contribution in [0.4, 0.5) is 5.69 Å². The zero-order valence-corrected chi connectivity index (χ0v) is 19.4. The number of hydrogen-bond donors (Lipinski definition) is 2. The van der Waals surface area contributed by atoms with Crippen LogP contribution in [-0.2, 0) is 13.1 Å². The van der Waals surface area contributed by atoms with Crippen LogP contribution in [0.5, 0.6) is 11.5 Å². The van der Waals surface area contributed by atoms with Gasteiger partial charge in [-0.05, 0) is 36.3 Å². The number of halogens is 1. The average molecular weight is 498 g/mol. The fourth-order valence-electron chi connectivity index (χ4n) is 2.72. The number of hydrogen-bond acceptors (Lipinski definition) is 4. The van der Waals surface area contributed by atoms with Gasteiger partial charge in [-0.3, -0.25) is 4.90 Å². The van der Waals surface area contributed by atoms with Gasteiger partial charge in [0.05, 0.1) is 26.5 Å². The fourth-order valence-corrected chi connectivity index (χ4v) is 2.72. The highest BCUT2D eigenvalue weighted by Crippen LogP contribution is 2.28. The number of nitrogens with two attached hydrogens (primary N) is 1. The highest BCUT2D eigenvalue weighted by Gasteiger charge is 2.06. The summed E-state index contributed by atoms with van der Waals surface area (Å²) in [6.45, 7) is 7.95. The van der Waals surface area contributed by atoms with Gasteiger partial charge < -0.3 is 20.5 Å². The standard InChI is InChI=1S/C21H30N4O2.HI/c1-5-25(6-2)15-17-9-7-16(8-10-17)14-23-21(22)24-19-13-18(26-3)11-12-20(19)27-4;/h7-13H,5-6,14-15H2,1-4H3,(H3,22,23,24);1H. The molecular weight excluding hydrogens is 467 g/mol. The maximum Gasteiger partial charge on any atom is 0.193 e. The first-order valence-corrected chi connectivity index (χ1v) is 9.18. The summed E-state index contributed by atoms with van der Waals surface area (Å²) in [6.07, 6.45) is 0. The lowest BCUT2D eigenvalue weighted by molar-refractivity contribution is 0.296. The van der Waals surface area contributed by atoms with Gasteiger partial charge in [0.25, 0.3) is 0 Å². The second kappa shape index (κ2) is 12.5. The molecule has 0 saturated carbocycles. The van der Waals surface area contributed by atoms with Crippen molar-refractivity contribution in [1.82, 2.24) is 4.90 Å². The molecule has 6 nitrogen and oxygen atoms in total. The van der Waals surface area contributed by atoms with Gasteiger partial charge in [0, 0.05) is 12.6 Å². The second-order valence-electron chi connectivity index (χ2n) is 6.17. The molecule has 0 heterocycles. The first-order chi connectivity index (χ1) is 13.1. The van der Waals surface area contributed by atoms with Gasteiger partial charge >= 0.3 is 0 Å². The molecular formula is C21H31IN4O2. The minimum atomic E-state index is 0. The Hall–Kier alpha value is -2.00. The average Bonchev–Trinajstić information content (AvgIpc) is 2.71. The monoisotopic (exact) mass is 498 g/mol. The van der Waals surface area contributed by atoms with Gasteiger partial charge in [0.15, 0.2) is 5.96 Å². The molecule has 0 bridgehead atoms. The van der Waals surface area contributed by atoms with E-state index in [4.69, 9.17) is 15.2 Å². The number of nitrogens with zero attached hydrogens (tertiary/aromatic N) is 2. The number of methoxy groups -OCH3 is 2. The van der Waals surface area contributed by atoms with Crippen LogP contribution in [0.15, 0.2) is 47.5 Å². The molecule has 0 saturated heterocycles. The van der Waals surface area contributed by atoms with E-state index in [1.54, 1.807) is 14.2 Å². The lowest BCUT2D eigenvalue weighted by atomic mass is 10.1. The predicted octanol–water partition coefficient (Wildman–Crippen LogP) is 4.09. The fraction of sp³-hybridized carbons (Fsp3) is 0.381. The maximum atomic E-state index is 6.04. The summed E-state index contributed by atoms with van der Waals surface area (Å²) in [7, 11) is 3.23. The molecule has 28 heavy (non-hydrogen) atoms. The Morgan fingerprint density at radius 1 is 1.00 bits per heavy atom. The highest BCUT2D eigenvalue weighted by atomic mass is 127. The number of anilines is 1. The van der Waals surface area contributed by atoms with Crippen LogP contribution in [0.25, 0.3) is 0 Å². The van der Waals surface area contributed by atoms with Crippen molar-refractivity contribution in [3.63, 3.8) is 0 Å². The molecule has 2 rings (SSSR count). The summed E-state index contributed by atoms with van der Waals surface area (Å²) in [5.74, 6) is 1.72. The molecule has 0 atom stereocenters. The topological polar surface area (TPSA) is 72.1 Å². The third kappa shape index (κ3) is 7.20. The van der Waals surface area contributed by atoms with Gasteiger partial charge in [-0.2, -0.15) is 0 Å². The van der Waals surface area contributed by atoms with Crippen LogP contribution in [0.2, 0.25) is 0 Å². The van der Waals surface area contributed by atoms with E-state index < -0.39 is 0 Å². The van der Waals surface area contributed by atoms with Gasteiger partial charge in [0.1, 0.15) is 11.5 Å². The Balaban J connectivity index is 0.00000392. The van der Waals surface area contributed by atoms with Gasteiger partial charge in [-0.25, -0.2) is 4.99 Å². The van der Waals surface area contributed by atoms with Gasteiger partial charge in [0.2, 0.25) is 0 Å². The molecule has 0 aliphatic carbocycles. The SMILES string of the molecule is CCN(CC)Cc1ccc(CN=C(N)Nc2cc(OC)ccc2OC)cc1.I. The molecule has 2 aromatic carbocycles. The van der Waals surface area contributed by atoms with E-state index in [-0.39, 0.29) is 24.0 Å². The van der Waals surface area contributed by atoms with Crippen LogP contribution in [0.1, 0.15) is 25.0 Å². The summed E-state index contributed by atoms with van der Waals surface area (Å²) in [5.41, 5.74) is 9.17. The van der Waals surface area contributed by atoms with E-state index in [2.05, 4.69) is 53.3 Å². The van der Waals surface area contributed by atoms with Crippen molar-refractivity contribution in [2.75, 3.05) is 32.6 Å². The van der Waals surface area contributed by atoms with E-state index in [1.165, 1.54) is 5.56 Å². The molecule has 0 unspecified atom stereocenters. The Morgan fingerprint density at radius 3 is 2.21 bits per heavy atom. The van der Waals surface area contributed by atoms with E-state index in [9.17, 15) is 0 Å². The molecule has 0 aliphatic heterocycles. The first-order valence-electron chi connectivity index (χ1n) is 9.18. The number of nitrogens with one attached hydrogen (secondary N) is 1. The maximum absolute atomic E-state index is 6.04. The molecule has 0 fully saturated rings. The van der Waals surface area contributed by atoms with Gasteiger partial charge in [-0.15, -0.1) is 24.0 Å². The number of guanidine groups is 1. The molecule has 0 spiro atoms. The first kappa shape index (κ1) is 24.0. The van der Waals surface area contributed by atoms with Crippen LogP contribution < -0.4 is 20.5 Å². The van der Waals surface area contributed by atoms with Crippen LogP contribution in [0, 0.1) is 0 Å². The number of rotatable bonds is 9. The summed E-state index contributed by atoms with van der Waals surface area (Å²) < 4.78 is 10.6. The second-order valence-corrected chi connectivity index (χ2v) is 6.17. The van der Waals surface area contributed by atoms with Crippen molar-refractivity contribution in [1.29, 1.82) is 0 Å². The number of ether oxygens (including phenoxy) is 2. The minimum Gasteiger partial charge on any atom is -0.497 e. The van der Waals surface area contributed by atoms with E-state index in [1.807, 2.05) is 18.2 Å². The van der Waals surface area contributed by atoms with Crippen molar-refractivity contribution in [3.8, 4) is 11.5 Å². The summed E-state index contributed by atoms with van der Waals surface area (Å²) in [6, 6.07) is 14.0. The normalized spacial score (nSPS) is 11.1. The van der Waals surface area contributed by atoms with E-state index in [0.29, 0.717) is 23.9 Å². The molecule has 7 heteroatoms. The molecule has 3 N–H and O–H groups in total. The van der Waals surface area contributed by atoms with Gasteiger partial charge in [-0.1, -0.05) is 38.1 Å². The largest absolute Gasteiger partial charge is 0.497 e. The Kier molecular flexibility index (Phi) is 10.7. The molecule has 0 aromatic heterocycles.